The third-order valence-electron chi connectivity index (χ3n) is 5.45. The monoisotopic (exact) mass is 329 g/mol. The van der Waals surface area contributed by atoms with Gasteiger partial charge in [0.1, 0.15) is 0 Å². The lowest BCUT2D eigenvalue weighted by Gasteiger charge is -2.40. The van der Waals surface area contributed by atoms with E-state index in [1.54, 1.807) is 0 Å². The van der Waals surface area contributed by atoms with Gasteiger partial charge in [-0.1, -0.05) is 19.9 Å². The normalized spacial score (nSPS) is 24.9. The number of likely N-dealkylation sites (tertiary alicyclic amines) is 2. The first-order chi connectivity index (χ1) is 11.5. The lowest BCUT2D eigenvalue weighted by atomic mass is 9.79. The number of piperidine rings is 1. The van der Waals surface area contributed by atoms with Crippen molar-refractivity contribution < 1.29 is 4.79 Å². The Morgan fingerprint density at radius 3 is 2.83 bits per heavy atom. The second-order valence-electron chi connectivity index (χ2n) is 8.25. The third kappa shape index (κ3) is 4.15. The zero-order valence-corrected chi connectivity index (χ0v) is 15.4. The van der Waals surface area contributed by atoms with Gasteiger partial charge in [0.05, 0.1) is 5.69 Å². The Hall–Kier alpha value is -1.42. The molecule has 132 valence electrons. The quantitative estimate of drug-likeness (QED) is 0.851. The molecule has 3 heterocycles. The topological polar surface area (TPSA) is 36.4 Å². The van der Waals surface area contributed by atoms with Gasteiger partial charge in [-0.15, -0.1) is 0 Å². The molecular weight excluding hydrogens is 298 g/mol. The van der Waals surface area contributed by atoms with Gasteiger partial charge in [0.15, 0.2) is 0 Å². The zero-order chi connectivity index (χ0) is 17.2. The molecule has 2 saturated heterocycles. The molecule has 0 saturated carbocycles. The van der Waals surface area contributed by atoms with Crippen LogP contribution in [0.4, 0.5) is 0 Å². The Kier molecular flexibility index (Phi) is 5.24. The van der Waals surface area contributed by atoms with Gasteiger partial charge in [-0.2, -0.15) is 0 Å². The average Bonchev–Trinajstić information content (AvgIpc) is 2.90. The number of carbonyl (C=O) groups excluding carboxylic acids is 1. The summed E-state index contributed by atoms with van der Waals surface area (Å²) in [5, 5.41) is 0. The Morgan fingerprint density at radius 1 is 1.25 bits per heavy atom. The van der Waals surface area contributed by atoms with Gasteiger partial charge in [0.2, 0.25) is 5.91 Å². The summed E-state index contributed by atoms with van der Waals surface area (Å²) in [4.78, 5) is 21.7. The van der Waals surface area contributed by atoms with Crippen LogP contribution >= 0.6 is 0 Å². The van der Waals surface area contributed by atoms with Crippen LogP contribution in [0, 0.1) is 18.3 Å². The second kappa shape index (κ2) is 7.22. The molecule has 1 unspecified atom stereocenters. The standard InChI is InChI=1S/C20H31N3O/c1-16(2)12-19(24)23-11-9-20(15-23)8-5-10-22(14-20)13-18-7-4-6-17(3)21-18/h4,6-7,16H,5,8-15H2,1-3H3. The molecular formula is C20H31N3O. The minimum Gasteiger partial charge on any atom is -0.342 e. The molecule has 3 rings (SSSR count). The van der Waals surface area contributed by atoms with Crippen molar-refractivity contribution in [2.24, 2.45) is 11.3 Å². The van der Waals surface area contributed by atoms with E-state index in [4.69, 9.17) is 0 Å². The van der Waals surface area contributed by atoms with Gasteiger partial charge < -0.3 is 4.90 Å². The van der Waals surface area contributed by atoms with E-state index in [-0.39, 0.29) is 0 Å². The molecule has 2 fully saturated rings. The van der Waals surface area contributed by atoms with Crippen LogP contribution in [0.5, 0.6) is 0 Å². The van der Waals surface area contributed by atoms with Gasteiger partial charge in [0.25, 0.3) is 0 Å². The summed E-state index contributed by atoms with van der Waals surface area (Å²) in [6, 6.07) is 6.27. The molecule has 2 aliphatic heterocycles. The van der Waals surface area contributed by atoms with Crippen molar-refractivity contribution >= 4 is 5.91 Å². The highest BCUT2D eigenvalue weighted by atomic mass is 16.2. The van der Waals surface area contributed by atoms with Crippen LogP contribution < -0.4 is 0 Å². The van der Waals surface area contributed by atoms with Crippen LogP contribution in [-0.4, -0.2) is 46.9 Å². The number of aromatic nitrogens is 1. The summed E-state index contributed by atoms with van der Waals surface area (Å²) >= 11 is 0. The van der Waals surface area contributed by atoms with E-state index in [2.05, 4.69) is 53.8 Å². The molecule has 1 amide bonds. The van der Waals surface area contributed by atoms with Crippen molar-refractivity contribution in [1.29, 1.82) is 0 Å². The molecule has 0 aliphatic carbocycles. The number of nitrogens with zero attached hydrogens (tertiary/aromatic N) is 3. The van der Waals surface area contributed by atoms with Crippen LogP contribution in [-0.2, 0) is 11.3 Å². The van der Waals surface area contributed by atoms with Gasteiger partial charge in [0, 0.05) is 43.7 Å². The van der Waals surface area contributed by atoms with Crippen LogP contribution in [0.15, 0.2) is 18.2 Å². The maximum absolute atomic E-state index is 12.4. The van der Waals surface area contributed by atoms with Gasteiger partial charge >= 0.3 is 0 Å². The molecule has 1 spiro atoms. The summed E-state index contributed by atoms with van der Waals surface area (Å²) < 4.78 is 0. The fraction of sp³-hybridized carbons (Fsp3) is 0.700. The number of hydrogen-bond donors (Lipinski definition) is 0. The van der Waals surface area contributed by atoms with E-state index in [0.29, 0.717) is 23.7 Å². The summed E-state index contributed by atoms with van der Waals surface area (Å²) in [5.74, 6) is 0.795. The largest absolute Gasteiger partial charge is 0.342 e. The minimum absolute atomic E-state index is 0.314. The van der Waals surface area contributed by atoms with Crippen LogP contribution in [0.1, 0.15) is 50.9 Å². The first kappa shape index (κ1) is 17.4. The van der Waals surface area contributed by atoms with Gasteiger partial charge in [-0.05, 0) is 50.8 Å². The lowest BCUT2D eigenvalue weighted by molar-refractivity contribution is -0.131. The van der Waals surface area contributed by atoms with Crippen molar-refractivity contribution in [3.05, 3.63) is 29.6 Å². The summed E-state index contributed by atoms with van der Waals surface area (Å²) in [7, 11) is 0. The van der Waals surface area contributed by atoms with Crippen molar-refractivity contribution in [3.63, 3.8) is 0 Å². The van der Waals surface area contributed by atoms with Gasteiger partial charge in [-0.25, -0.2) is 0 Å². The Bertz CT molecular complexity index is 586. The lowest BCUT2D eigenvalue weighted by Crippen LogP contribution is -2.45. The van der Waals surface area contributed by atoms with E-state index in [1.165, 1.54) is 12.8 Å². The van der Waals surface area contributed by atoms with E-state index >= 15 is 0 Å². The molecule has 0 aromatic carbocycles. The highest BCUT2D eigenvalue weighted by Gasteiger charge is 2.42. The smallest absolute Gasteiger partial charge is 0.222 e. The molecule has 2 aliphatic rings. The molecule has 0 N–H and O–H groups in total. The molecule has 1 aromatic heterocycles. The first-order valence-electron chi connectivity index (χ1n) is 9.38. The van der Waals surface area contributed by atoms with E-state index in [0.717, 1.165) is 50.5 Å². The van der Waals surface area contributed by atoms with Crippen LogP contribution in [0.2, 0.25) is 0 Å². The van der Waals surface area contributed by atoms with E-state index < -0.39 is 0 Å². The Balaban J connectivity index is 1.60. The number of pyridine rings is 1. The highest BCUT2D eigenvalue weighted by molar-refractivity contribution is 5.76. The van der Waals surface area contributed by atoms with Crippen molar-refractivity contribution in [2.45, 2.75) is 53.0 Å². The number of hydrogen-bond acceptors (Lipinski definition) is 3. The highest BCUT2D eigenvalue weighted by Crippen LogP contribution is 2.39. The number of rotatable bonds is 4. The molecule has 4 heteroatoms. The predicted octanol–water partition coefficient (Wildman–Crippen LogP) is 3.25. The number of carbonyl (C=O) groups is 1. The van der Waals surface area contributed by atoms with E-state index in [9.17, 15) is 4.79 Å². The number of amides is 1. The molecule has 1 atom stereocenters. The summed E-state index contributed by atoms with van der Waals surface area (Å²) in [5.41, 5.74) is 2.57. The van der Waals surface area contributed by atoms with Crippen molar-refractivity contribution in [2.75, 3.05) is 26.2 Å². The molecule has 4 nitrogen and oxygen atoms in total. The first-order valence-corrected chi connectivity index (χ1v) is 9.38. The fourth-order valence-corrected chi connectivity index (χ4v) is 4.32. The third-order valence-corrected chi connectivity index (χ3v) is 5.45. The van der Waals surface area contributed by atoms with Crippen molar-refractivity contribution in [3.8, 4) is 0 Å². The molecule has 24 heavy (non-hydrogen) atoms. The summed E-state index contributed by atoms with van der Waals surface area (Å²) in [6.45, 7) is 11.4. The van der Waals surface area contributed by atoms with E-state index in [1.807, 2.05) is 0 Å². The number of aryl methyl sites for hydroxylation is 1. The maximum atomic E-state index is 12.4. The Labute approximate surface area is 146 Å². The molecule has 1 aromatic rings. The predicted molar refractivity (Wildman–Crippen MR) is 96.6 cm³/mol. The SMILES string of the molecule is Cc1cccc(CN2CCCC3(CCN(C(=O)CC(C)C)C3)C2)n1. The summed E-state index contributed by atoms with van der Waals surface area (Å²) in [6.07, 6.45) is 4.34. The fourth-order valence-electron chi connectivity index (χ4n) is 4.32. The molecule has 0 radical (unpaired) electrons. The average molecular weight is 329 g/mol. The minimum atomic E-state index is 0.314. The second-order valence-corrected chi connectivity index (χ2v) is 8.25. The zero-order valence-electron chi connectivity index (χ0n) is 15.4. The Morgan fingerprint density at radius 2 is 2.08 bits per heavy atom. The van der Waals surface area contributed by atoms with Crippen LogP contribution in [0.25, 0.3) is 0 Å². The van der Waals surface area contributed by atoms with Crippen molar-refractivity contribution in [1.82, 2.24) is 14.8 Å². The maximum Gasteiger partial charge on any atom is 0.222 e. The van der Waals surface area contributed by atoms with Gasteiger partial charge in [-0.3, -0.25) is 14.7 Å². The van der Waals surface area contributed by atoms with Crippen LogP contribution in [0.3, 0.4) is 0 Å². The molecule has 0 bridgehead atoms.